The van der Waals surface area contributed by atoms with E-state index in [1.807, 2.05) is 11.4 Å². The van der Waals surface area contributed by atoms with E-state index in [9.17, 15) is 4.79 Å². The third-order valence-electron chi connectivity index (χ3n) is 2.61. The van der Waals surface area contributed by atoms with E-state index in [2.05, 4.69) is 5.43 Å². The number of hydrogen-bond acceptors (Lipinski definition) is 4. The number of rotatable bonds is 4. The Morgan fingerprint density at radius 2 is 2.47 bits per heavy atom. The number of nitrogens with one attached hydrogen (secondary N) is 1. The lowest BCUT2D eigenvalue weighted by Gasteiger charge is -2.25. The number of nitrogen functional groups attached to an aromatic ring is 1. The first-order chi connectivity index (χ1) is 7.31. The van der Waals surface area contributed by atoms with Gasteiger partial charge in [-0.15, -0.1) is 11.3 Å². The first kappa shape index (κ1) is 10.6. The molecule has 1 aromatic rings. The minimum atomic E-state index is -0.239. The van der Waals surface area contributed by atoms with E-state index in [1.54, 1.807) is 0 Å². The summed E-state index contributed by atoms with van der Waals surface area (Å²) in [5.41, 5.74) is 3.07. The van der Waals surface area contributed by atoms with Crippen LogP contribution in [-0.4, -0.2) is 12.0 Å². The summed E-state index contributed by atoms with van der Waals surface area (Å²) in [6.07, 6.45) is 3.92. The first-order valence-electron chi connectivity index (χ1n) is 5.00. The summed E-state index contributed by atoms with van der Waals surface area (Å²) in [6.45, 7) is 0.511. The zero-order valence-corrected chi connectivity index (χ0v) is 9.18. The molecule has 82 valence electrons. The highest BCUT2D eigenvalue weighted by Gasteiger charge is 2.19. The summed E-state index contributed by atoms with van der Waals surface area (Å²) in [4.78, 5) is 12.0. The zero-order chi connectivity index (χ0) is 10.7. The highest BCUT2D eigenvalue weighted by Crippen LogP contribution is 2.25. The maximum atomic E-state index is 11.3. The molecule has 2 rings (SSSR count). The Morgan fingerprint density at radius 3 is 3.07 bits per heavy atom. The van der Waals surface area contributed by atoms with Gasteiger partial charge in [-0.25, -0.2) is 5.84 Å². The fraction of sp³-hybridized carbons (Fsp3) is 0.500. The van der Waals surface area contributed by atoms with Gasteiger partial charge in [-0.05, 0) is 30.7 Å². The monoisotopic (exact) mass is 226 g/mol. The van der Waals surface area contributed by atoms with Crippen LogP contribution >= 0.6 is 11.3 Å². The first-order valence-corrected chi connectivity index (χ1v) is 5.88. The average molecular weight is 226 g/mol. The summed E-state index contributed by atoms with van der Waals surface area (Å²) in [6, 6.07) is 1.91. The number of hydrogen-bond donors (Lipinski definition) is 2. The minimum Gasteiger partial charge on any atom is -0.373 e. The van der Waals surface area contributed by atoms with Crippen LogP contribution in [0.25, 0.3) is 0 Å². The van der Waals surface area contributed by atoms with Gasteiger partial charge in [0.25, 0.3) is 5.91 Å². The quantitative estimate of drug-likeness (QED) is 0.463. The topological polar surface area (TPSA) is 64.3 Å². The number of amides is 1. The molecule has 0 saturated heterocycles. The Bertz CT molecular complexity index is 347. The van der Waals surface area contributed by atoms with Gasteiger partial charge in [0.2, 0.25) is 0 Å². The molecule has 0 aromatic carbocycles. The van der Waals surface area contributed by atoms with Crippen LogP contribution in [0, 0.1) is 0 Å². The molecule has 4 nitrogen and oxygen atoms in total. The molecule has 3 N–H and O–H groups in total. The predicted molar refractivity (Wildman–Crippen MR) is 58.4 cm³/mol. The smallest absolute Gasteiger partial charge is 0.275 e. The Kier molecular flexibility index (Phi) is 3.35. The molecule has 1 heterocycles. The fourth-order valence-electron chi connectivity index (χ4n) is 1.46. The predicted octanol–water partition coefficient (Wildman–Crippen LogP) is 1.42. The molecule has 0 radical (unpaired) electrons. The summed E-state index contributed by atoms with van der Waals surface area (Å²) in [7, 11) is 0. The van der Waals surface area contributed by atoms with Crippen LogP contribution in [0.2, 0.25) is 0 Å². The van der Waals surface area contributed by atoms with Crippen molar-refractivity contribution >= 4 is 17.2 Å². The average Bonchev–Trinajstić information content (AvgIpc) is 2.62. The SMILES string of the molecule is NNC(=O)c1sccc1COC1CCC1. The minimum absolute atomic E-state index is 0.239. The van der Waals surface area contributed by atoms with Gasteiger partial charge < -0.3 is 4.74 Å². The molecule has 0 atom stereocenters. The number of ether oxygens (including phenoxy) is 1. The lowest BCUT2D eigenvalue weighted by Crippen LogP contribution is -2.30. The molecule has 1 amide bonds. The van der Waals surface area contributed by atoms with Crippen molar-refractivity contribution in [2.24, 2.45) is 5.84 Å². The van der Waals surface area contributed by atoms with E-state index < -0.39 is 0 Å². The van der Waals surface area contributed by atoms with Crippen LogP contribution < -0.4 is 11.3 Å². The van der Waals surface area contributed by atoms with Gasteiger partial charge in [0.1, 0.15) is 0 Å². The Hall–Kier alpha value is -0.910. The van der Waals surface area contributed by atoms with Crippen molar-refractivity contribution < 1.29 is 9.53 Å². The maximum Gasteiger partial charge on any atom is 0.275 e. The summed E-state index contributed by atoms with van der Waals surface area (Å²) in [5, 5.41) is 1.88. The number of hydrazine groups is 1. The number of carbonyl (C=O) groups is 1. The van der Waals surface area contributed by atoms with Crippen molar-refractivity contribution in [2.45, 2.75) is 32.0 Å². The number of thiophene rings is 1. The van der Waals surface area contributed by atoms with Crippen molar-refractivity contribution in [3.05, 3.63) is 21.9 Å². The zero-order valence-electron chi connectivity index (χ0n) is 8.36. The molecule has 1 aromatic heterocycles. The van der Waals surface area contributed by atoms with Gasteiger partial charge in [0.15, 0.2) is 0 Å². The molecule has 1 fully saturated rings. The maximum absolute atomic E-state index is 11.3. The van der Waals surface area contributed by atoms with E-state index in [0.717, 1.165) is 18.4 Å². The second-order valence-electron chi connectivity index (χ2n) is 3.61. The third kappa shape index (κ3) is 2.37. The van der Waals surface area contributed by atoms with Crippen LogP contribution in [-0.2, 0) is 11.3 Å². The van der Waals surface area contributed by atoms with Gasteiger partial charge in [-0.3, -0.25) is 10.2 Å². The molecule has 0 bridgehead atoms. The van der Waals surface area contributed by atoms with E-state index >= 15 is 0 Å². The Balaban J connectivity index is 1.94. The van der Waals surface area contributed by atoms with E-state index in [1.165, 1.54) is 17.8 Å². The normalized spacial score (nSPS) is 16.1. The van der Waals surface area contributed by atoms with Crippen LogP contribution in [0.1, 0.15) is 34.5 Å². The molecular weight excluding hydrogens is 212 g/mol. The molecule has 0 spiro atoms. The van der Waals surface area contributed by atoms with Crippen molar-refractivity contribution in [1.82, 2.24) is 5.43 Å². The molecule has 1 aliphatic rings. The number of nitrogens with two attached hydrogens (primary N) is 1. The molecule has 1 saturated carbocycles. The summed E-state index contributed by atoms with van der Waals surface area (Å²) in [5.74, 6) is 4.85. The Labute approximate surface area is 92.4 Å². The molecule has 1 aliphatic carbocycles. The molecule has 0 unspecified atom stereocenters. The van der Waals surface area contributed by atoms with Crippen LogP contribution in [0.15, 0.2) is 11.4 Å². The fourth-order valence-corrected chi connectivity index (χ4v) is 2.27. The van der Waals surface area contributed by atoms with Crippen LogP contribution in [0.4, 0.5) is 0 Å². The second-order valence-corrected chi connectivity index (χ2v) is 4.53. The van der Waals surface area contributed by atoms with E-state index in [-0.39, 0.29) is 5.91 Å². The second kappa shape index (κ2) is 4.74. The van der Waals surface area contributed by atoms with Gasteiger partial charge >= 0.3 is 0 Å². The van der Waals surface area contributed by atoms with E-state index in [4.69, 9.17) is 10.6 Å². The van der Waals surface area contributed by atoms with E-state index in [0.29, 0.717) is 17.6 Å². The summed E-state index contributed by atoms with van der Waals surface area (Å²) < 4.78 is 5.64. The van der Waals surface area contributed by atoms with Crippen LogP contribution in [0.3, 0.4) is 0 Å². The lowest BCUT2D eigenvalue weighted by molar-refractivity contribution is -0.00875. The largest absolute Gasteiger partial charge is 0.373 e. The lowest BCUT2D eigenvalue weighted by atomic mass is 9.96. The molecular formula is C10H14N2O2S. The van der Waals surface area contributed by atoms with Gasteiger partial charge in [-0.1, -0.05) is 0 Å². The van der Waals surface area contributed by atoms with Crippen molar-refractivity contribution in [3.8, 4) is 0 Å². The highest BCUT2D eigenvalue weighted by atomic mass is 32.1. The standard InChI is InChI=1S/C10H14N2O2S/c11-12-10(13)9-7(4-5-15-9)6-14-8-2-1-3-8/h4-5,8H,1-3,6,11H2,(H,12,13). The number of carbonyl (C=O) groups excluding carboxylic acids is 1. The van der Waals surface area contributed by atoms with Gasteiger partial charge in [0.05, 0.1) is 17.6 Å². The van der Waals surface area contributed by atoms with Crippen molar-refractivity contribution in [3.63, 3.8) is 0 Å². The third-order valence-corrected chi connectivity index (χ3v) is 3.57. The van der Waals surface area contributed by atoms with Gasteiger partial charge in [-0.2, -0.15) is 0 Å². The van der Waals surface area contributed by atoms with Gasteiger partial charge in [0, 0.05) is 5.56 Å². The molecule has 15 heavy (non-hydrogen) atoms. The van der Waals surface area contributed by atoms with Crippen molar-refractivity contribution in [1.29, 1.82) is 0 Å². The molecule has 5 heteroatoms. The Morgan fingerprint density at radius 1 is 1.67 bits per heavy atom. The van der Waals surface area contributed by atoms with Crippen LogP contribution in [0.5, 0.6) is 0 Å². The highest BCUT2D eigenvalue weighted by molar-refractivity contribution is 7.12. The molecule has 0 aliphatic heterocycles. The van der Waals surface area contributed by atoms with Crippen molar-refractivity contribution in [2.75, 3.05) is 0 Å². The summed E-state index contributed by atoms with van der Waals surface area (Å²) >= 11 is 1.39.